The summed E-state index contributed by atoms with van der Waals surface area (Å²) in [6.45, 7) is 1.29. The lowest BCUT2D eigenvalue weighted by atomic mass is 9.99. The molecular weight excluding hydrogens is 432 g/mol. The van der Waals surface area contributed by atoms with Crippen molar-refractivity contribution in [1.29, 1.82) is 0 Å². The number of carbonyl (C=O) groups is 1. The van der Waals surface area contributed by atoms with Crippen molar-refractivity contribution in [2.75, 3.05) is 26.5 Å². The highest BCUT2D eigenvalue weighted by molar-refractivity contribution is 7.99. The van der Waals surface area contributed by atoms with Crippen LogP contribution in [0.15, 0.2) is 34.8 Å². The Morgan fingerprint density at radius 1 is 1.19 bits per heavy atom. The number of carbonyl (C=O) groups excluding carboxylic acids is 1. The molecule has 0 atom stereocenters. The van der Waals surface area contributed by atoms with Crippen molar-refractivity contribution in [3.05, 3.63) is 40.8 Å². The molecule has 0 radical (unpaired) electrons. The number of hydrogen-bond donors (Lipinski definition) is 0. The molecule has 3 heterocycles. The lowest BCUT2D eigenvalue weighted by Gasteiger charge is -2.29. The molecule has 2 aromatic heterocycles. The van der Waals surface area contributed by atoms with Crippen molar-refractivity contribution in [3.8, 4) is 22.2 Å². The van der Waals surface area contributed by atoms with E-state index in [1.807, 2.05) is 23.1 Å². The zero-order valence-corrected chi connectivity index (χ0v) is 19.2. The third-order valence-corrected chi connectivity index (χ3v) is 7.51. The van der Waals surface area contributed by atoms with E-state index in [1.54, 1.807) is 25.6 Å². The van der Waals surface area contributed by atoms with E-state index in [9.17, 15) is 4.79 Å². The van der Waals surface area contributed by atoms with Crippen LogP contribution in [0.5, 0.6) is 11.5 Å². The first-order chi connectivity index (χ1) is 15.2. The molecule has 1 amide bonds. The second-order valence-electron chi connectivity index (χ2n) is 7.71. The minimum Gasteiger partial charge on any atom is -0.493 e. The number of amides is 1. The minimum absolute atomic E-state index is 0.119. The van der Waals surface area contributed by atoms with Crippen LogP contribution >= 0.6 is 23.1 Å². The molecule has 1 aliphatic carbocycles. The third-order valence-electron chi connectivity index (χ3n) is 5.71. The molecule has 3 aromatic rings. The first-order valence-electron chi connectivity index (χ1n) is 10.3. The van der Waals surface area contributed by atoms with Crippen molar-refractivity contribution >= 4 is 29.0 Å². The zero-order chi connectivity index (χ0) is 21.4. The van der Waals surface area contributed by atoms with Gasteiger partial charge < -0.3 is 14.4 Å². The molecule has 9 heteroatoms. The van der Waals surface area contributed by atoms with Gasteiger partial charge in [0.15, 0.2) is 22.5 Å². The molecule has 1 saturated carbocycles. The van der Waals surface area contributed by atoms with Gasteiger partial charge in [0, 0.05) is 19.1 Å². The van der Waals surface area contributed by atoms with E-state index in [2.05, 4.69) is 26.2 Å². The molecule has 0 bridgehead atoms. The van der Waals surface area contributed by atoms with Crippen molar-refractivity contribution < 1.29 is 14.3 Å². The maximum absolute atomic E-state index is 13.0. The monoisotopic (exact) mass is 456 g/mol. The van der Waals surface area contributed by atoms with Crippen LogP contribution in [0.3, 0.4) is 0 Å². The number of thioether (sulfide) groups is 1. The standard InChI is InChI=1S/C22H24N4O3S2/c1-28-17-10-14-7-8-25(12-15(14)11-18(17)29-2)20(27)13-31-22-24-23-21(19-4-3-9-30-19)26(22)16-5-6-16/h3-4,9-11,16H,5-8,12-13H2,1-2H3. The highest BCUT2D eigenvalue weighted by Gasteiger charge is 2.31. The van der Waals surface area contributed by atoms with Gasteiger partial charge in [-0.3, -0.25) is 9.36 Å². The number of nitrogens with zero attached hydrogens (tertiary/aromatic N) is 4. The Kier molecular flexibility index (Phi) is 5.62. The van der Waals surface area contributed by atoms with Crippen LogP contribution in [-0.4, -0.2) is 52.1 Å². The fourth-order valence-corrected chi connectivity index (χ4v) is 5.54. The number of methoxy groups -OCH3 is 2. The minimum atomic E-state index is 0.119. The van der Waals surface area contributed by atoms with Crippen molar-refractivity contribution in [2.24, 2.45) is 0 Å². The van der Waals surface area contributed by atoms with Gasteiger partial charge in [-0.2, -0.15) is 0 Å². The quantitative estimate of drug-likeness (QED) is 0.500. The van der Waals surface area contributed by atoms with E-state index in [4.69, 9.17) is 9.47 Å². The maximum atomic E-state index is 13.0. The number of hydrogen-bond acceptors (Lipinski definition) is 7. The molecule has 1 aromatic carbocycles. The van der Waals surface area contributed by atoms with E-state index in [0.717, 1.165) is 46.4 Å². The SMILES string of the molecule is COc1cc2c(cc1OC)CN(C(=O)CSc1nnc(-c3cccs3)n1C1CC1)CC2. The molecule has 0 spiro atoms. The summed E-state index contributed by atoms with van der Waals surface area (Å²) >= 11 is 3.16. The molecule has 1 aliphatic heterocycles. The zero-order valence-electron chi connectivity index (χ0n) is 17.5. The maximum Gasteiger partial charge on any atom is 0.233 e. The van der Waals surface area contributed by atoms with Gasteiger partial charge in [-0.05, 0) is 54.0 Å². The van der Waals surface area contributed by atoms with Gasteiger partial charge in [0.2, 0.25) is 5.91 Å². The van der Waals surface area contributed by atoms with E-state index in [0.29, 0.717) is 30.6 Å². The predicted molar refractivity (Wildman–Crippen MR) is 121 cm³/mol. The van der Waals surface area contributed by atoms with E-state index < -0.39 is 0 Å². The first-order valence-corrected chi connectivity index (χ1v) is 12.2. The molecule has 7 nitrogen and oxygen atoms in total. The second kappa shape index (κ2) is 8.55. The van der Waals surface area contributed by atoms with Crippen LogP contribution in [-0.2, 0) is 17.8 Å². The normalized spacial score (nSPS) is 15.6. The van der Waals surface area contributed by atoms with Gasteiger partial charge in [-0.1, -0.05) is 17.8 Å². The van der Waals surface area contributed by atoms with Gasteiger partial charge in [0.05, 0.1) is 24.8 Å². The van der Waals surface area contributed by atoms with E-state index in [-0.39, 0.29) is 5.91 Å². The molecular formula is C22H24N4O3S2. The van der Waals surface area contributed by atoms with Crippen LogP contribution in [0.2, 0.25) is 0 Å². The highest BCUT2D eigenvalue weighted by Crippen LogP contribution is 2.42. The summed E-state index contributed by atoms with van der Waals surface area (Å²) < 4.78 is 13.0. The molecule has 0 saturated heterocycles. The topological polar surface area (TPSA) is 69.5 Å². The van der Waals surface area contributed by atoms with Gasteiger partial charge in [-0.15, -0.1) is 21.5 Å². The average Bonchev–Trinajstić information content (AvgIpc) is 3.32. The van der Waals surface area contributed by atoms with Gasteiger partial charge in [0.25, 0.3) is 0 Å². The number of fused-ring (bicyclic) bond motifs is 1. The Hall–Kier alpha value is -2.52. The Morgan fingerprint density at radius 3 is 2.65 bits per heavy atom. The van der Waals surface area contributed by atoms with Gasteiger partial charge >= 0.3 is 0 Å². The van der Waals surface area contributed by atoms with Crippen LogP contribution < -0.4 is 9.47 Å². The molecule has 0 unspecified atom stereocenters. The van der Waals surface area contributed by atoms with Crippen molar-refractivity contribution in [1.82, 2.24) is 19.7 Å². The number of aromatic nitrogens is 3. The third kappa shape index (κ3) is 4.04. The fraction of sp³-hybridized carbons (Fsp3) is 0.409. The number of thiophene rings is 1. The smallest absolute Gasteiger partial charge is 0.233 e. The molecule has 1 fully saturated rings. The van der Waals surface area contributed by atoms with Crippen LogP contribution in [0, 0.1) is 0 Å². The Balaban J connectivity index is 1.28. The summed E-state index contributed by atoms with van der Waals surface area (Å²) in [7, 11) is 3.28. The predicted octanol–water partition coefficient (Wildman–Crippen LogP) is 4.04. The number of benzene rings is 1. The van der Waals surface area contributed by atoms with E-state index in [1.165, 1.54) is 17.3 Å². The summed E-state index contributed by atoms with van der Waals surface area (Å²) in [6, 6.07) is 8.56. The first kappa shape index (κ1) is 20.4. The van der Waals surface area contributed by atoms with Crippen LogP contribution in [0.4, 0.5) is 0 Å². The molecule has 162 valence electrons. The van der Waals surface area contributed by atoms with Crippen LogP contribution in [0.25, 0.3) is 10.7 Å². The van der Waals surface area contributed by atoms with Gasteiger partial charge in [0.1, 0.15) is 0 Å². The van der Waals surface area contributed by atoms with E-state index >= 15 is 0 Å². The largest absolute Gasteiger partial charge is 0.493 e. The average molecular weight is 457 g/mol. The van der Waals surface area contributed by atoms with Crippen molar-refractivity contribution in [3.63, 3.8) is 0 Å². The Bertz CT molecular complexity index is 1090. The molecule has 31 heavy (non-hydrogen) atoms. The summed E-state index contributed by atoms with van der Waals surface area (Å²) in [5.74, 6) is 2.83. The highest BCUT2D eigenvalue weighted by atomic mass is 32.2. The number of rotatable bonds is 7. The summed E-state index contributed by atoms with van der Waals surface area (Å²) in [5, 5.41) is 11.7. The summed E-state index contributed by atoms with van der Waals surface area (Å²) in [5.41, 5.74) is 2.33. The lowest BCUT2D eigenvalue weighted by Crippen LogP contribution is -2.37. The second-order valence-corrected chi connectivity index (χ2v) is 9.60. The Morgan fingerprint density at radius 2 is 1.97 bits per heavy atom. The molecule has 5 rings (SSSR count). The molecule has 2 aliphatic rings. The Labute approximate surface area is 189 Å². The summed E-state index contributed by atoms with van der Waals surface area (Å²) in [4.78, 5) is 16.0. The van der Waals surface area contributed by atoms with Crippen molar-refractivity contribution in [2.45, 2.75) is 37.0 Å². The van der Waals surface area contributed by atoms with Gasteiger partial charge in [-0.25, -0.2) is 0 Å². The van der Waals surface area contributed by atoms with Crippen LogP contribution in [0.1, 0.15) is 30.0 Å². The fourth-order valence-electron chi connectivity index (χ4n) is 3.92. The lowest BCUT2D eigenvalue weighted by molar-refractivity contribution is -0.129. The molecule has 0 N–H and O–H groups in total. The number of ether oxygens (including phenoxy) is 2. The summed E-state index contributed by atoms with van der Waals surface area (Å²) in [6.07, 6.45) is 3.10.